The van der Waals surface area contributed by atoms with Gasteiger partial charge in [0.15, 0.2) is 0 Å². The third-order valence-corrected chi connectivity index (χ3v) is 3.99. The van der Waals surface area contributed by atoms with E-state index in [1.54, 1.807) is 0 Å². The molecule has 2 unspecified atom stereocenters. The SMILES string of the molecule is CC(C)CC(C)N(C)CC1CCCCCCN1. The van der Waals surface area contributed by atoms with Gasteiger partial charge in [0.1, 0.15) is 0 Å². The number of hydrogen-bond donors (Lipinski definition) is 1. The minimum absolute atomic E-state index is 0.710. The molecule has 2 nitrogen and oxygen atoms in total. The summed E-state index contributed by atoms with van der Waals surface area (Å²) >= 11 is 0. The summed E-state index contributed by atoms with van der Waals surface area (Å²) in [7, 11) is 2.29. The lowest BCUT2D eigenvalue weighted by Crippen LogP contribution is -2.43. The number of hydrogen-bond acceptors (Lipinski definition) is 2. The zero-order valence-electron chi connectivity index (χ0n) is 12.3. The van der Waals surface area contributed by atoms with Crippen LogP contribution < -0.4 is 5.32 Å². The van der Waals surface area contributed by atoms with Crippen molar-refractivity contribution < 1.29 is 0 Å². The molecule has 1 heterocycles. The normalized spacial score (nSPS) is 24.7. The minimum Gasteiger partial charge on any atom is -0.313 e. The quantitative estimate of drug-likeness (QED) is 0.793. The highest BCUT2D eigenvalue weighted by Gasteiger charge is 2.16. The standard InChI is InChI=1S/C15H32N2/c1-13(2)11-14(3)17(4)12-15-9-7-5-6-8-10-16-15/h13-16H,5-12H2,1-4H3. The van der Waals surface area contributed by atoms with E-state index in [2.05, 4.69) is 38.0 Å². The summed E-state index contributed by atoms with van der Waals surface area (Å²) in [5.74, 6) is 0.803. The molecule has 1 N–H and O–H groups in total. The second-order valence-corrected chi connectivity index (χ2v) is 6.27. The zero-order valence-corrected chi connectivity index (χ0v) is 12.3. The molecule has 0 amide bonds. The molecule has 0 aromatic carbocycles. The van der Waals surface area contributed by atoms with Gasteiger partial charge < -0.3 is 10.2 Å². The largest absolute Gasteiger partial charge is 0.313 e. The molecule has 0 aromatic heterocycles. The summed E-state index contributed by atoms with van der Waals surface area (Å²) in [6, 6.07) is 1.43. The smallest absolute Gasteiger partial charge is 0.0195 e. The van der Waals surface area contributed by atoms with Crippen LogP contribution in [0, 0.1) is 5.92 Å². The number of nitrogens with zero attached hydrogens (tertiary/aromatic N) is 1. The van der Waals surface area contributed by atoms with Crippen molar-refractivity contribution in [1.29, 1.82) is 0 Å². The van der Waals surface area contributed by atoms with E-state index in [0.29, 0.717) is 6.04 Å². The second-order valence-electron chi connectivity index (χ2n) is 6.27. The molecule has 102 valence electrons. The maximum absolute atomic E-state index is 3.72. The molecule has 0 aliphatic carbocycles. The topological polar surface area (TPSA) is 15.3 Å². The first-order valence-corrected chi connectivity index (χ1v) is 7.53. The van der Waals surface area contributed by atoms with Crippen molar-refractivity contribution in [2.75, 3.05) is 20.1 Å². The molecule has 0 saturated carbocycles. The third-order valence-electron chi connectivity index (χ3n) is 3.99. The summed E-state index contributed by atoms with van der Waals surface area (Å²) in [6.45, 7) is 9.44. The second kappa shape index (κ2) is 8.10. The predicted octanol–water partition coefficient (Wildman–Crippen LogP) is 3.28. The van der Waals surface area contributed by atoms with Crippen molar-refractivity contribution in [3.05, 3.63) is 0 Å². The lowest BCUT2D eigenvalue weighted by molar-refractivity contribution is 0.197. The van der Waals surface area contributed by atoms with Crippen LogP contribution in [-0.2, 0) is 0 Å². The molecular formula is C15H32N2. The van der Waals surface area contributed by atoms with Crippen molar-refractivity contribution >= 4 is 0 Å². The van der Waals surface area contributed by atoms with Crippen LogP contribution in [0.5, 0.6) is 0 Å². The van der Waals surface area contributed by atoms with Crippen LogP contribution in [0.2, 0.25) is 0 Å². The Hall–Kier alpha value is -0.0800. The number of nitrogens with one attached hydrogen (secondary N) is 1. The van der Waals surface area contributed by atoms with Crippen molar-refractivity contribution in [3.8, 4) is 0 Å². The van der Waals surface area contributed by atoms with E-state index >= 15 is 0 Å². The highest BCUT2D eigenvalue weighted by molar-refractivity contribution is 4.75. The van der Waals surface area contributed by atoms with E-state index in [4.69, 9.17) is 0 Å². The summed E-state index contributed by atoms with van der Waals surface area (Å²) in [5, 5.41) is 3.72. The monoisotopic (exact) mass is 240 g/mol. The average molecular weight is 240 g/mol. The van der Waals surface area contributed by atoms with Crippen LogP contribution in [0.25, 0.3) is 0 Å². The number of likely N-dealkylation sites (N-methyl/N-ethyl adjacent to an activating group) is 1. The van der Waals surface area contributed by atoms with E-state index in [0.717, 1.165) is 12.0 Å². The van der Waals surface area contributed by atoms with Gasteiger partial charge in [-0.15, -0.1) is 0 Å². The van der Waals surface area contributed by atoms with Gasteiger partial charge in [-0.05, 0) is 45.7 Å². The van der Waals surface area contributed by atoms with Crippen LogP contribution in [-0.4, -0.2) is 37.1 Å². The molecule has 1 aliphatic rings. The van der Waals surface area contributed by atoms with Crippen LogP contribution in [0.4, 0.5) is 0 Å². The molecule has 0 aromatic rings. The maximum Gasteiger partial charge on any atom is 0.0195 e. The maximum atomic E-state index is 3.72. The van der Waals surface area contributed by atoms with Gasteiger partial charge >= 0.3 is 0 Å². The fourth-order valence-electron chi connectivity index (χ4n) is 2.82. The number of rotatable bonds is 5. The van der Waals surface area contributed by atoms with Crippen LogP contribution in [0.1, 0.15) is 59.3 Å². The van der Waals surface area contributed by atoms with Crippen molar-refractivity contribution in [2.24, 2.45) is 5.92 Å². The highest BCUT2D eigenvalue weighted by atomic mass is 15.1. The fraction of sp³-hybridized carbons (Fsp3) is 1.00. The fourth-order valence-corrected chi connectivity index (χ4v) is 2.82. The van der Waals surface area contributed by atoms with E-state index < -0.39 is 0 Å². The Balaban J connectivity index is 2.29. The van der Waals surface area contributed by atoms with Crippen molar-refractivity contribution in [2.45, 2.75) is 71.4 Å². The predicted molar refractivity (Wildman–Crippen MR) is 76.4 cm³/mol. The van der Waals surface area contributed by atoms with Gasteiger partial charge in [-0.1, -0.05) is 33.1 Å². The van der Waals surface area contributed by atoms with Gasteiger partial charge in [-0.25, -0.2) is 0 Å². The molecule has 1 saturated heterocycles. The molecule has 2 atom stereocenters. The van der Waals surface area contributed by atoms with Crippen molar-refractivity contribution in [1.82, 2.24) is 10.2 Å². The Morgan fingerprint density at radius 1 is 1.12 bits per heavy atom. The molecule has 0 radical (unpaired) electrons. The van der Waals surface area contributed by atoms with Crippen molar-refractivity contribution in [3.63, 3.8) is 0 Å². The molecule has 1 aliphatic heterocycles. The Bertz CT molecular complexity index is 183. The Morgan fingerprint density at radius 3 is 2.53 bits per heavy atom. The summed E-state index contributed by atoms with van der Waals surface area (Å²) < 4.78 is 0. The Labute approximate surface area is 108 Å². The first kappa shape index (κ1) is 15.0. The van der Waals surface area contributed by atoms with Crippen LogP contribution in [0.3, 0.4) is 0 Å². The molecule has 1 rings (SSSR count). The molecule has 1 fully saturated rings. The highest BCUT2D eigenvalue weighted by Crippen LogP contribution is 2.13. The first-order chi connectivity index (χ1) is 8.09. The van der Waals surface area contributed by atoms with Gasteiger partial charge in [0, 0.05) is 18.6 Å². The summed E-state index contributed by atoms with van der Waals surface area (Å²) in [4.78, 5) is 2.54. The minimum atomic E-state index is 0.710. The Kier molecular flexibility index (Phi) is 7.14. The van der Waals surface area contributed by atoms with Gasteiger partial charge in [-0.2, -0.15) is 0 Å². The van der Waals surface area contributed by atoms with Crippen LogP contribution in [0.15, 0.2) is 0 Å². The lowest BCUT2D eigenvalue weighted by Gasteiger charge is -2.31. The Morgan fingerprint density at radius 2 is 1.82 bits per heavy atom. The zero-order chi connectivity index (χ0) is 12.7. The van der Waals surface area contributed by atoms with Gasteiger partial charge in [-0.3, -0.25) is 0 Å². The lowest BCUT2D eigenvalue weighted by atomic mass is 10.0. The first-order valence-electron chi connectivity index (χ1n) is 7.53. The van der Waals surface area contributed by atoms with Gasteiger partial charge in [0.25, 0.3) is 0 Å². The molecule has 2 heteroatoms. The van der Waals surface area contributed by atoms with E-state index in [1.807, 2.05) is 0 Å². The molecular weight excluding hydrogens is 208 g/mol. The van der Waals surface area contributed by atoms with Gasteiger partial charge in [0.2, 0.25) is 0 Å². The summed E-state index contributed by atoms with van der Waals surface area (Å²) in [5.41, 5.74) is 0. The summed E-state index contributed by atoms with van der Waals surface area (Å²) in [6.07, 6.45) is 8.29. The van der Waals surface area contributed by atoms with E-state index in [-0.39, 0.29) is 0 Å². The third kappa shape index (κ3) is 6.42. The van der Waals surface area contributed by atoms with E-state index in [9.17, 15) is 0 Å². The molecule has 0 bridgehead atoms. The molecule has 17 heavy (non-hydrogen) atoms. The van der Waals surface area contributed by atoms with E-state index in [1.165, 1.54) is 51.6 Å². The molecule has 0 spiro atoms. The van der Waals surface area contributed by atoms with Gasteiger partial charge in [0.05, 0.1) is 0 Å². The average Bonchev–Trinajstić information content (AvgIpc) is 2.20. The van der Waals surface area contributed by atoms with Crippen LogP contribution >= 0.6 is 0 Å².